The van der Waals surface area contributed by atoms with Gasteiger partial charge in [0, 0.05) is 10.0 Å². The normalized spacial score (nSPS) is 11.9. The summed E-state index contributed by atoms with van der Waals surface area (Å²) >= 11 is 11.4. The molecule has 2 atom stereocenters. The second kappa shape index (κ2) is 12.1. The first-order valence-corrected chi connectivity index (χ1v) is 9.55. The van der Waals surface area contributed by atoms with Crippen molar-refractivity contribution < 1.29 is 28.7 Å². The summed E-state index contributed by atoms with van der Waals surface area (Å²) in [5, 5.41) is 1.12. The number of benzene rings is 2. The van der Waals surface area contributed by atoms with Crippen molar-refractivity contribution >= 4 is 46.7 Å². The number of rotatable bonds is 6. The van der Waals surface area contributed by atoms with Gasteiger partial charge in [0.2, 0.25) is 0 Å². The minimum atomic E-state index is -0.854. The third-order valence-corrected chi connectivity index (χ3v) is 4.60. The zero-order chi connectivity index (χ0) is 22.8. The van der Waals surface area contributed by atoms with Crippen LogP contribution in [0.5, 0.6) is 0 Å². The summed E-state index contributed by atoms with van der Waals surface area (Å²) < 4.78 is 9.13. The maximum Gasteiger partial charge on any atom is 0.320 e. The largest absolute Gasteiger partial charge is 0.468 e. The number of carbonyl (C=O) groups is 4. The molecule has 0 aliphatic carbocycles. The lowest BCUT2D eigenvalue weighted by atomic mass is 9.96. The lowest BCUT2D eigenvalue weighted by molar-refractivity contribution is -0.146. The molecule has 0 spiro atoms. The van der Waals surface area contributed by atoms with Gasteiger partial charge in [-0.2, -0.15) is 0 Å². The van der Waals surface area contributed by atoms with E-state index in [1.54, 1.807) is 48.5 Å². The lowest BCUT2D eigenvalue weighted by Gasteiger charge is -2.11. The molecule has 30 heavy (non-hydrogen) atoms. The predicted molar refractivity (Wildman–Crippen MR) is 114 cm³/mol. The highest BCUT2D eigenvalue weighted by Crippen LogP contribution is 2.21. The Kier molecular flexibility index (Phi) is 10.2. The molecule has 6 nitrogen and oxygen atoms in total. The van der Waals surface area contributed by atoms with Gasteiger partial charge in [-0.05, 0) is 49.2 Å². The number of halogens is 2. The Morgan fingerprint density at radius 2 is 0.900 bits per heavy atom. The van der Waals surface area contributed by atoms with Crippen LogP contribution in [0.4, 0.5) is 0 Å². The Morgan fingerprint density at radius 3 is 1.10 bits per heavy atom. The molecule has 2 aromatic rings. The molecule has 0 amide bonds. The van der Waals surface area contributed by atoms with Crippen molar-refractivity contribution in [2.75, 3.05) is 14.2 Å². The first-order valence-electron chi connectivity index (χ1n) is 8.79. The second-order valence-electron chi connectivity index (χ2n) is 6.24. The number of carbonyl (C=O) groups excluding carboxylic acids is 4. The molecule has 160 valence electrons. The SMILES string of the molecule is COC(=O)C(C(C)=O)c1ccc(Cl)cc1.COC(=O)C(C(C)=O)c1ccc(Cl)cc1. The van der Waals surface area contributed by atoms with Gasteiger partial charge in [-0.25, -0.2) is 0 Å². The van der Waals surface area contributed by atoms with Crippen LogP contribution in [0.15, 0.2) is 48.5 Å². The van der Waals surface area contributed by atoms with Crippen molar-refractivity contribution in [3.05, 3.63) is 69.7 Å². The van der Waals surface area contributed by atoms with Crippen LogP contribution >= 0.6 is 23.2 Å². The van der Waals surface area contributed by atoms with Gasteiger partial charge >= 0.3 is 11.9 Å². The summed E-state index contributed by atoms with van der Waals surface area (Å²) in [7, 11) is 2.52. The summed E-state index contributed by atoms with van der Waals surface area (Å²) in [5.41, 5.74) is 1.19. The molecule has 0 saturated heterocycles. The van der Waals surface area contributed by atoms with E-state index in [0.717, 1.165) is 0 Å². The molecule has 0 aromatic heterocycles. The van der Waals surface area contributed by atoms with E-state index < -0.39 is 23.8 Å². The molecule has 2 rings (SSSR count). The van der Waals surface area contributed by atoms with E-state index >= 15 is 0 Å². The van der Waals surface area contributed by atoms with Crippen LogP contribution in [-0.2, 0) is 28.7 Å². The monoisotopic (exact) mass is 452 g/mol. The van der Waals surface area contributed by atoms with E-state index in [9.17, 15) is 19.2 Å². The van der Waals surface area contributed by atoms with Gasteiger partial charge in [0.1, 0.15) is 23.4 Å². The first-order chi connectivity index (χ1) is 14.1. The van der Waals surface area contributed by atoms with Crippen LogP contribution in [0.2, 0.25) is 10.0 Å². The Morgan fingerprint density at radius 1 is 0.633 bits per heavy atom. The van der Waals surface area contributed by atoms with Crippen molar-refractivity contribution in [3.63, 3.8) is 0 Å². The lowest BCUT2D eigenvalue weighted by Crippen LogP contribution is -2.20. The molecular formula is C22H22Cl2O6. The van der Waals surface area contributed by atoms with Gasteiger partial charge in [0.15, 0.2) is 0 Å². The summed E-state index contributed by atoms with van der Waals surface area (Å²) in [5.74, 6) is -3.30. The van der Waals surface area contributed by atoms with Crippen LogP contribution < -0.4 is 0 Å². The number of esters is 2. The summed E-state index contributed by atoms with van der Waals surface area (Å²) in [4.78, 5) is 45.3. The minimum Gasteiger partial charge on any atom is -0.468 e. The predicted octanol–water partition coefficient (Wildman–Crippen LogP) is 4.37. The number of Topliss-reactive ketones (excluding diaryl/α,β-unsaturated/α-hetero) is 2. The molecule has 0 bridgehead atoms. The molecule has 2 unspecified atom stereocenters. The Balaban J connectivity index is 0.000000300. The van der Waals surface area contributed by atoms with E-state index in [0.29, 0.717) is 21.2 Å². The molecule has 8 heteroatoms. The average molecular weight is 453 g/mol. The Hall–Kier alpha value is -2.70. The average Bonchev–Trinajstić information content (AvgIpc) is 2.71. The quantitative estimate of drug-likeness (QED) is 0.477. The number of hydrogen-bond acceptors (Lipinski definition) is 6. The van der Waals surface area contributed by atoms with Crippen LogP contribution in [0.1, 0.15) is 36.8 Å². The Labute approximate surface area is 185 Å². The third-order valence-electron chi connectivity index (χ3n) is 4.09. The van der Waals surface area contributed by atoms with Gasteiger partial charge in [-0.1, -0.05) is 47.5 Å². The Bertz CT molecular complexity index is 815. The maximum atomic E-state index is 11.4. The molecule has 0 N–H and O–H groups in total. The van der Waals surface area contributed by atoms with Crippen molar-refractivity contribution in [1.29, 1.82) is 0 Å². The van der Waals surface area contributed by atoms with E-state index in [-0.39, 0.29) is 11.6 Å². The molecule has 0 fully saturated rings. The fourth-order valence-corrected chi connectivity index (χ4v) is 2.87. The highest BCUT2D eigenvalue weighted by molar-refractivity contribution is 6.30. The van der Waals surface area contributed by atoms with Gasteiger partial charge in [0.25, 0.3) is 0 Å². The van der Waals surface area contributed by atoms with Crippen molar-refractivity contribution in [2.24, 2.45) is 0 Å². The van der Waals surface area contributed by atoms with Gasteiger partial charge in [0.05, 0.1) is 14.2 Å². The first kappa shape index (κ1) is 25.3. The molecule has 0 aliphatic heterocycles. The van der Waals surface area contributed by atoms with Gasteiger partial charge in [-0.3, -0.25) is 19.2 Å². The topological polar surface area (TPSA) is 86.7 Å². The van der Waals surface area contributed by atoms with Crippen LogP contribution in [0.3, 0.4) is 0 Å². The number of ketones is 2. The fourth-order valence-electron chi connectivity index (χ4n) is 2.62. The van der Waals surface area contributed by atoms with E-state index in [1.165, 1.54) is 28.1 Å². The second-order valence-corrected chi connectivity index (χ2v) is 7.11. The smallest absolute Gasteiger partial charge is 0.320 e. The minimum absolute atomic E-state index is 0.246. The van der Waals surface area contributed by atoms with E-state index in [4.69, 9.17) is 23.2 Å². The molecule has 0 aliphatic rings. The number of hydrogen-bond donors (Lipinski definition) is 0. The summed E-state index contributed by atoms with van der Waals surface area (Å²) in [6.07, 6.45) is 0. The van der Waals surface area contributed by atoms with Crippen molar-refractivity contribution in [1.82, 2.24) is 0 Å². The van der Waals surface area contributed by atoms with Crippen molar-refractivity contribution in [2.45, 2.75) is 25.7 Å². The highest BCUT2D eigenvalue weighted by Gasteiger charge is 2.26. The maximum absolute atomic E-state index is 11.4. The van der Waals surface area contributed by atoms with E-state index in [2.05, 4.69) is 9.47 Å². The number of ether oxygens (including phenoxy) is 2. The van der Waals surface area contributed by atoms with Gasteiger partial charge in [-0.15, -0.1) is 0 Å². The zero-order valence-electron chi connectivity index (χ0n) is 17.0. The fraction of sp³-hybridized carbons (Fsp3) is 0.273. The molecule has 0 saturated carbocycles. The highest BCUT2D eigenvalue weighted by atomic mass is 35.5. The van der Waals surface area contributed by atoms with Crippen LogP contribution in [0.25, 0.3) is 0 Å². The van der Waals surface area contributed by atoms with Gasteiger partial charge < -0.3 is 9.47 Å². The third kappa shape index (κ3) is 7.28. The molecule has 0 radical (unpaired) electrons. The molecule has 0 heterocycles. The molecule has 2 aromatic carbocycles. The van der Waals surface area contributed by atoms with Crippen LogP contribution in [0, 0.1) is 0 Å². The summed E-state index contributed by atoms with van der Waals surface area (Å²) in [6.45, 7) is 2.71. The van der Waals surface area contributed by atoms with E-state index in [1.807, 2.05) is 0 Å². The molecular weight excluding hydrogens is 431 g/mol. The zero-order valence-corrected chi connectivity index (χ0v) is 18.5. The summed E-state index contributed by atoms with van der Waals surface area (Å²) in [6, 6.07) is 13.1. The standard InChI is InChI=1S/2C11H11ClO3/c2*1-7(13)10(11(14)15-2)8-3-5-9(12)6-4-8/h2*3-6,10H,1-2H3. The number of methoxy groups -OCH3 is 2. The van der Waals surface area contributed by atoms with Crippen molar-refractivity contribution in [3.8, 4) is 0 Å². The van der Waals surface area contributed by atoms with Crippen LogP contribution in [-0.4, -0.2) is 37.7 Å².